The molecule has 0 aliphatic carbocycles. The number of allylic oxidation sites excluding steroid dienone is 1. The Hall–Kier alpha value is -0.190. The molecule has 0 saturated heterocycles. The maximum Gasteiger partial charge on any atom is 0.0932 e. The number of nitrogens with one attached hydrogen (secondary N) is 1. The molecule has 0 fully saturated rings. The highest BCUT2D eigenvalue weighted by Gasteiger charge is 1.84. The molecule has 0 spiro atoms. The van der Waals surface area contributed by atoms with Crippen molar-refractivity contribution >= 4 is 22.6 Å². The molecule has 1 N–H and O–H groups in total. The molecule has 3 heteroatoms. The van der Waals surface area contributed by atoms with Crippen LogP contribution >= 0.6 is 22.6 Å². The van der Waals surface area contributed by atoms with Gasteiger partial charge in [0.05, 0.1) is 3.70 Å². The Balaban J connectivity index is 3.71. The smallest absolute Gasteiger partial charge is 0.0932 e. The van der Waals surface area contributed by atoms with E-state index in [0.717, 1.165) is 3.70 Å². The van der Waals surface area contributed by atoms with Crippen LogP contribution in [0, 0.1) is 0 Å². The number of hydrogen-bond acceptors (Lipinski definition) is 2. The summed E-state index contributed by atoms with van der Waals surface area (Å²) in [6.45, 7) is 1.98. The summed E-state index contributed by atoms with van der Waals surface area (Å²) >= 11 is 2.24. The highest BCUT2D eigenvalue weighted by Crippen LogP contribution is 2.00. The summed E-state index contributed by atoms with van der Waals surface area (Å²) in [6, 6.07) is 0. The maximum absolute atomic E-state index is 3.09. The molecule has 0 aromatic heterocycles. The summed E-state index contributed by atoms with van der Waals surface area (Å²) in [7, 11) is 3.99. The molecule has 10 heavy (non-hydrogen) atoms. The van der Waals surface area contributed by atoms with Crippen LogP contribution < -0.4 is 5.32 Å². The Kier molecular flexibility index (Phi) is 5.48. The van der Waals surface area contributed by atoms with Gasteiger partial charge in [0, 0.05) is 20.3 Å². The first-order chi connectivity index (χ1) is 4.66. The van der Waals surface area contributed by atoms with E-state index in [4.69, 9.17) is 0 Å². The van der Waals surface area contributed by atoms with Crippen LogP contribution in [0.4, 0.5) is 0 Å². The lowest BCUT2D eigenvalue weighted by atomic mass is 10.7. The molecule has 0 rings (SSSR count). The molecule has 2 nitrogen and oxygen atoms in total. The van der Waals surface area contributed by atoms with E-state index in [1.165, 1.54) is 0 Å². The van der Waals surface area contributed by atoms with E-state index in [0.29, 0.717) is 0 Å². The van der Waals surface area contributed by atoms with E-state index in [1.54, 1.807) is 0 Å². The molecular formula is C7H13IN2. The molecule has 0 aromatic carbocycles. The molecule has 58 valence electrons. The quantitative estimate of drug-likeness (QED) is 0.609. The molecule has 0 saturated carbocycles. The van der Waals surface area contributed by atoms with E-state index >= 15 is 0 Å². The number of rotatable bonds is 3. The molecule has 0 bridgehead atoms. The zero-order valence-corrected chi connectivity index (χ0v) is 8.71. The maximum atomic E-state index is 3.09. The third-order valence-corrected chi connectivity index (χ3v) is 1.35. The Morgan fingerprint density at radius 1 is 1.50 bits per heavy atom. The number of nitrogens with zero attached hydrogens (tertiary/aromatic N) is 1. The van der Waals surface area contributed by atoms with Crippen LogP contribution in [-0.4, -0.2) is 19.0 Å². The molecule has 0 radical (unpaired) electrons. The van der Waals surface area contributed by atoms with Crippen molar-refractivity contribution in [2.75, 3.05) is 14.1 Å². The van der Waals surface area contributed by atoms with Crippen LogP contribution in [0.25, 0.3) is 0 Å². The molecule has 0 unspecified atom stereocenters. The van der Waals surface area contributed by atoms with Crippen molar-refractivity contribution in [1.82, 2.24) is 10.2 Å². The van der Waals surface area contributed by atoms with Crippen molar-refractivity contribution < 1.29 is 0 Å². The van der Waals surface area contributed by atoms with Gasteiger partial charge in [0.15, 0.2) is 0 Å². The predicted octanol–water partition coefficient (Wildman–Crippen LogP) is 1.91. The average Bonchev–Trinajstić information content (AvgIpc) is 1.82. The van der Waals surface area contributed by atoms with Crippen molar-refractivity contribution in [3.8, 4) is 0 Å². The van der Waals surface area contributed by atoms with E-state index < -0.39 is 0 Å². The highest BCUT2D eigenvalue weighted by molar-refractivity contribution is 14.1. The predicted molar refractivity (Wildman–Crippen MR) is 53.7 cm³/mol. The minimum absolute atomic E-state index is 1.11. The van der Waals surface area contributed by atoms with Crippen LogP contribution in [0.5, 0.6) is 0 Å². The highest BCUT2D eigenvalue weighted by atomic mass is 127. The summed E-state index contributed by atoms with van der Waals surface area (Å²) in [5.74, 6) is 0. The van der Waals surface area contributed by atoms with E-state index in [9.17, 15) is 0 Å². The largest absolute Gasteiger partial charge is 0.381 e. The van der Waals surface area contributed by atoms with Crippen LogP contribution in [0.1, 0.15) is 6.92 Å². The van der Waals surface area contributed by atoms with Gasteiger partial charge in [-0.1, -0.05) is 6.08 Å². The molecule has 0 atom stereocenters. The third kappa shape index (κ3) is 5.94. The van der Waals surface area contributed by atoms with Gasteiger partial charge in [-0.2, -0.15) is 0 Å². The van der Waals surface area contributed by atoms with Gasteiger partial charge < -0.3 is 10.2 Å². The molecular weight excluding hydrogens is 239 g/mol. The van der Waals surface area contributed by atoms with E-state index in [2.05, 4.69) is 27.9 Å². The van der Waals surface area contributed by atoms with Crippen LogP contribution in [0.3, 0.4) is 0 Å². The third-order valence-electron chi connectivity index (χ3n) is 0.759. The van der Waals surface area contributed by atoms with Gasteiger partial charge in [0.25, 0.3) is 0 Å². The van der Waals surface area contributed by atoms with Gasteiger partial charge in [0.1, 0.15) is 0 Å². The minimum Gasteiger partial charge on any atom is -0.381 e. The average molecular weight is 252 g/mol. The summed E-state index contributed by atoms with van der Waals surface area (Å²) in [6.07, 6.45) is 5.88. The monoisotopic (exact) mass is 252 g/mol. The fourth-order valence-corrected chi connectivity index (χ4v) is 1.16. The normalized spacial score (nSPS) is 12.2. The first-order valence-electron chi connectivity index (χ1n) is 3.08. The van der Waals surface area contributed by atoms with Gasteiger partial charge in [-0.05, 0) is 35.7 Å². The fourth-order valence-electron chi connectivity index (χ4n) is 0.427. The van der Waals surface area contributed by atoms with Crippen LogP contribution in [0.15, 0.2) is 22.2 Å². The lowest BCUT2D eigenvalue weighted by molar-refractivity contribution is 0.560. The molecule has 0 heterocycles. The van der Waals surface area contributed by atoms with Gasteiger partial charge in [-0.25, -0.2) is 0 Å². The number of hydrogen-bond donors (Lipinski definition) is 1. The van der Waals surface area contributed by atoms with Gasteiger partial charge >= 0.3 is 0 Å². The van der Waals surface area contributed by atoms with Crippen molar-refractivity contribution in [1.29, 1.82) is 0 Å². The Morgan fingerprint density at radius 3 is 2.50 bits per heavy atom. The summed E-state index contributed by atoms with van der Waals surface area (Å²) in [5.41, 5.74) is 0. The van der Waals surface area contributed by atoms with E-state index in [-0.39, 0.29) is 0 Å². The van der Waals surface area contributed by atoms with Crippen molar-refractivity contribution in [3.05, 3.63) is 22.2 Å². The summed E-state index contributed by atoms with van der Waals surface area (Å²) in [4.78, 5) is 2.00. The second kappa shape index (κ2) is 5.58. The second-order valence-corrected chi connectivity index (χ2v) is 3.25. The lowest BCUT2D eigenvalue weighted by Crippen LogP contribution is -2.06. The standard InChI is InChI=1S/C7H13IN2/c1-4-5-9-7(8)6-10(2)3/h4-6,9H,1-3H3/b5-4-,7-6-. The lowest BCUT2D eigenvalue weighted by Gasteiger charge is -2.05. The Labute approximate surface area is 76.1 Å². The zero-order valence-electron chi connectivity index (χ0n) is 6.56. The molecule has 0 amide bonds. The summed E-state index contributed by atoms with van der Waals surface area (Å²) in [5, 5.41) is 3.09. The molecule has 0 aliphatic heterocycles. The van der Waals surface area contributed by atoms with Crippen molar-refractivity contribution in [3.63, 3.8) is 0 Å². The first kappa shape index (κ1) is 9.81. The van der Waals surface area contributed by atoms with Gasteiger partial charge in [0.2, 0.25) is 0 Å². The SMILES string of the molecule is C/C=C\N/C(I)=C\N(C)C. The molecule has 0 aliphatic rings. The fraction of sp³-hybridized carbons (Fsp3) is 0.429. The second-order valence-electron chi connectivity index (χ2n) is 2.08. The summed E-state index contributed by atoms with van der Waals surface area (Å²) < 4.78 is 1.11. The van der Waals surface area contributed by atoms with Crippen molar-refractivity contribution in [2.24, 2.45) is 0 Å². The first-order valence-corrected chi connectivity index (χ1v) is 4.16. The minimum atomic E-state index is 1.11. The number of halogens is 1. The van der Waals surface area contributed by atoms with Crippen LogP contribution in [-0.2, 0) is 0 Å². The van der Waals surface area contributed by atoms with Crippen molar-refractivity contribution in [2.45, 2.75) is 6.92 Å². The topological polar surface area (TPSA) is 15.3 Å². The van der Waals surface area contributed by atoms with Gasteiger partial charge in [-0.15, -0.1) is 0 Å². The van der Waals surface area contributed by atoms with E-state index in [1.807, 2.05) is 44.4 Å². The molecule has 0 aromatic rings. The van der Waals surface area contributed by atoms with Gasteiger partial charge in [-0.3, -0.25) is 0 Å². The zero-order chi connectivity index (χ0) is 7.98. The van der Waals surface area contributed by atoms with Crippen LogP contribution in [0.2, 0.25) is 0 Å². The Bertz CT molecular complexity index is 139. The Morgan fingerprint density at radius 2 is 2.10 bits per heavy atom.